The van der Waals surface area contributed by atoms with Crippen LogP contribution in [-0.4, -0.2) is 19.2 Å². The van der Waals surface area contributed by atoms with E-state index in [1.807, 2.05) is 31.2 Å². The van der Waals surface area contributed by atoms with E-state index in [4.69, 9.17) is 13.9 Å². The smallest absolute Gasteiger partial charge is 0.315 e. The molecule has 0 bridgehead atoms. The molecular weight excluding hydrogens is 284 g/mol. The quantitative estimate of drug-likeness (QED) is 0.910. The zero-order chi connectivity index (χ0) is 15.4. The van der Waals surface area contributed by atoms with Crippen molar-refractivity contribution in [2.75, 3.05) is 13.2 Å². The van der Waals surface area contributed by atoms with Crippen LogP contribution in [0.2, 0.25) is 0 Å². The summed E-state index contributed by atoms with van der Waals surface area (Å²) < 4.78 is 16.0. The second-order valence-corrected chi connectivity index (χ2v) is 5.08. The number of rotatable bonds is 4. The number of fused-ring (bicyclic) bond motifs is 1. The lowest BCUT2D eigenvalue weighted by Crippen LogP contribution is -2.36. The summed E-state index contributed by atoms with van der Waals surface area (Å²) in [6, 6.07) is 7.13. The Labute approximate surface area is 128 Å². The van der Waals surface area contributed by atoms with E-state index in [-0.39, 0.29) is 12.1 Å². The van der Waals surface area contributed by atoms with Gasteiger partial charge in [-0.05, 0) is 30.7 Å². The Balaban J connectivity index is 1.56. The van der Waals surface area contributed by atoms with Gasteiger partial charge in [0.05, 0.1) is 18.6 Å². The minimum atomic E-state index is -0.233. The van der Waals surface area contributed by atoms with Gasteiger partial charge < -0.3 is 24.5 Å². The van der Waals surface area contributed by atoms with Gasteiger partial charge in [0.25, 0.3) is 0 Å². The zero-order valence-electron chi connectivity index (χ0n) is 12.3. The molecule has 6 heteroatoms. The van der Waals surface area contributed by atoms with Crippen LogP contribution < -0.4 is 20.1 Å². The molecule has 116 valence electrons. The highest BCUT2D eigenvalue weighted by atomic mass is 16.6. The molecule has 0 fully saturated rings. The van der Waals surface area contributed by atoms with Crippen LogP contribution in [0.5, 0.6) is 11.5 Å². The van der Waals surface area contributed by atoms with Gasteiger partial charge in [0.2, 0.25) is 0 Å². The molecule has 0 saturated carbocycles. The van der Waals surface area contributed by atoms with E-state index in [9.17, 15) is 4.79 Å². The molecule has 2 heterocycles. The number of urea groups is 1. The van der Waals surface area contributed by atoms with Crippen LogP contribution in [0.1, 0.15) is 24.1 Å². The van der Waals surface area contributed by atoms with E-state index in [1.54, 1.807) is 12.5 Å². The van der Waals surface area contributed by atoms with Crippen molar-refractivity contribution in [3.8, 4) is 11.5 Å². The second-order valence-electron chi connectivity index (χ2n) is 5.08. The fraction of sp³-hybridized carbons (Fsp3) is 0.312. The Kier molecular flexibility index (Phi) is 4.18. The van der Waals surface area contributed by atoms with Crippen molar-refractivity contribution in [2.24, 2.45) is 0 Å². The lowest BCUT2D eigenvalue weighted by Gasteiger charge is -2.21. The molecular formula is C16H18N2O4. The van der Waals surface area contributed by atoms with E-state index in [0.29, 0.717) is 19.8 Å². The van der Waals surface area contributed by atoms with Crippen molar-refractivity contribution < 1.29 is 18.7 Å². The summed E-state index contributed by atoms with van der Waals surface area (Å²) in [6.07, 6.45) is 3.18. The van der Waals surface area contributed by atoms with Crippen molar-refractivity contribution in [3.05, 3.63) is 47.9 Å². The Morgan fingerprint density at radius 3 is 2.82 bits per heavy atom. The van der Waals surface area contributed by atoms with Crippen molar-refractivity contribution in [3.63, 3.8) is 0 Å². The molecule has 1 aliphatic heterocycles. The van der Waals surface area contributed by atoms with Crippen LogP contribution in [-0.2, 0) is 6.54 Å². The van der Waals surface area contributed by atoms with Crippen LogP contribution in [0.4, 0.5) is 4.79 Å². The number of nitrogens with one attached hydrogen (secondary N) is 2. The third kappa shape index (κ3) is 3.33. The SMILES string of the molecule is C[C@H](NC(=O)NCc1ccoc1)c1ccc2c(c1)OCCO2. The third-order valence-corrected chi connectivity index (χ3v) is 3.45. The van der Waals surface area contributed by atoms with E-state index in [1.165, 1.54) is 0 Å². The Bertz CT molecular complexity index is 640. The molecule has 1 atom stereocenters. The number of hydrogen-bond donors (Lipinski definition) is 2. The number of hydrogen-bond acceptors (Lipinski definition) is 4. The molecule has 0 spiro atoms. The average molecular weight is 302 g/mol. The van der Waals surface area contributed by atoms with Gasteiger partial charge >= 0.3 is 6.03 Å². The average Bonchev–Trinajstić information content (AvgIpc) is 3.06. The lowest BCUT2D eigenvalue weighted by molar-refractivity contribution is 0.171. The molecule has 2 N–H and O–H groups in total. The first kappa shape index (κ1) is 14.3. The fourth-order valence-electron chi connectivity index (χ4n) is 2.24. The summed E-state index contributed by atoms with van der Waals surface area (Å²) in [5, 5.41) is 5.67. The van der Waals surface area contributed by atoms with E-state index in [0.717, 1.165) is 22.6 Å². The maximum absolute atomic E-state index is 11.9. The first-order valence-electron chi connectivity index (χ1n) is 7.17. The number of carbonyl (C=O) groups is 1. The number of carbonyl (C=O) groups excluding carboxylic acids is 1. The van der Waals surface area contributed by atoms with Gasteiger partial charge in [0.15, 0.2) is 11.5 Å². The van der Waals surface area contributed by atoms with Crippen LogP contribution in [0.25, 0.3) is 0 Å². The summed E-state index contributed by atoms with van der Waals surface area (Å²) in [5.41, 5.74) is 1.88. The van der Waals surface area contributed by atoms with Crippen LogP contribution in [0.15, 0.2) is 41.2 Å². The number of benzene rings is 1. The summed E-state index contributed by atoms with van der Waals surface area (Å²) in [6.45, 7) is 3.46. The molecule has 6 nitrogen and oxygen atoms in total. The standard InChI is InChI=1S/C16H18N2O4/c1-11(18-16(19)17-9-12-4-5-20-10-12)13-2-3-14-15(8-13)22-7-6-21-14/h2-5,8,10-11H,6-7,9H2,1H3,(H2,17,18,19)/t11-/m0/s1. The highest BCUT2D eigenvalue weighted by Gasteiger charge is 2.15. The van der Waals surface area contributed by atoms with E-state index >= 15 is 0 Å². The Morgan fingerprint density at radius 1 is 1.23 bits per heavy atom. The largest absolute Gasteiger partial charge is 0.486 e. The molecule has 22 heavy (non-hydrogen) atoms. The van der Waals surface area contributed by atoms with Crippen LogP contribution in [0, 0.1) is 0 Å². The highest BCUT2D eigenvalue weighted by Crippen LogP contribution is 2.32. The summed E-state index contributed by atoms with van der Waals surface area (Å²) in [4.78, 5) is 11.9. The van der Waals surface area contributed by atoms with Gasteiger partial charge in [-0.15, -0.1) is 0 Å². The molecule has 3 rings (SSSR count). The van der Waals surface area contributed by atoms with Gasteiger partial charge in [0.1, 0.15) is 13.2 Å². The van der Waals surface area contributed by atoms with E-state index in [2.05, 4.69) is 10.6 Å². The van der Waals surface area contributed by atoms with Crippen molar-refractivity contribution in [1.82, 2.24) is 10.6 Å². The van der Waals surface area contributed by atoms with E-state index < -0.39 is 0 Å². The molecule has 0 saturated heterocycles. The monoisotopic (exact) mass is 302 g/mol. The summed E-state index contributed by atoms with van der Waals surface area (Å²) in [7, 11) is 0. The zero-order valence-corrected chi connectivity index (χ0v) is 12.3. The van der Waals surface area contributed by atoms with Gasteiger partial charge in [-0.2, -0.15) is 0 Å². The molecule has 1 aromatic heterocycles. The minimum Gasteiger partial charge on any atom is -0.486 e. The van der Waals surface area contributed by atoms with Gasteiger partial charge in [0, 0.05) is 12.1 Å². The molecule has 2 aromatic rings. The molecule has 2 amide bonds. The molecule has 1 aliphatic rings. The van der Waals surface area contributed by atoms with Crippen LogP contribution in [0.3, 0.4) is 0 Å². The Hall–Kier alpha value is -2.63. The Morgan fingerprint density at radius 2 is 2.05 bits per heavy atom. The molecule has 1 aromatic carbocycles. The second kappa shape index (κ2) is 6.43. The summed E-state index contributed by atoms with van der Waals surface area (Å²) in [5.74, 6) is 1.46. The fourth-order valence-corrected chi connectivity index (χ4v) is 2.24. The van der Waals surface area contributed by atoms with Gasteiger partial charge in [-0.3, -0.25) is 0 Å². The van der Waals surface area contributed by atoms with Gasteiger partial charge in [-0.25, -0.2) is 4.79 Å². The first-order valence-corrected chi connectivity index (χ1v) is 7.17. The van der Waals surface area contributed by atoms with Gasteiger partial charge in [-0.1, -0.05) is 6.07 Å². The third-order valence-electron chi connectivity index (χ3n) is 3.45. The predicted octanol–water partition coefficient (Wildman–Crippen LogP) is 2.61. The summed E-state index contributed by atoms with van der Waals surface area (Å²) >= 11 is 0. The minimum absolute atomic E-state index is 0.139. The predicted molar refractivity (Wildman–Crippen MR) is 79.9 cm³/mol. The van der Waals surface area contributed by atoms with Crippen LogP contribution >= 0.6 is 0 Å². The van der Waals surface area contributed by atoms with Crippen molar-refractivity contribution >= 4 is 6.03 Å². The first-order chi connectivity index (χ1) is 10.7. The van der Waals surface area contributed by atoms with Crippen molar-refractivity contribution in [2.45, 2.75) is 19.5 Å². The maximum atomic E-state index is 11.9. The molecule has 0 unspecified atom stereocenters. The normalized spacial score (nSPS) is 14.2. The highest BCUT2D eigenvalue weighted by molar-refractivity contribution is 5.74. The van der Waals surface area contributed by atoms with Crippen molar-refractivity contribution in [1.29, 1.82) is 0 Å². The number of ether oxygens (including phenoxy) is 2. The molecule has 0 aliphatic carbocycles. The lowest BCUT2D eigenvalue weighted by atomic mass is 10.1. The topological polar surface area (TPSA) is 72.7 Å². The number of amides is 2. The molecule has 0 radical (unpaired) electrons. The number of furan rings is 1. The maximum Gasteiger partial charge on any atom is 0.315 e.